The molecule has 0 aromatic carbocycles. The van der Waals surface area contributed by atoms with Crippen LogP contribution in [0.2, 0.25) is 0 Å². The van der Waals surface area contributed by atoms with E-state index in [2.05, 4.69) is 25.0 Å². The average Bonchev–Trinajstić information content (AvgIpc) is 3.17. The van der Waals surface area contributed by atoms with E-state index in [4.69, 9.17) is 4.42 Å². The van der Waals surface area contributed by atoms with Gasteiger partial charge in [-0.2, -0.15) is 0 Å². The minimum absolute atomic E-state index is 0.271. The van der Waals surface area contributed by atoms with Gasteiger partial charge in [0.1, 0.15) is 0 Å². The molecule has 2 bridgehead atoms. The highest BCUT2D eigenvalue weighted by Gasteiger charge is 2.46. The molecule has 0 amide bonds. The van der Waals surface area contributed by atoms with Crippen molar-refractivity contribution >= 4 is 0 Å². The minimum atomic E-state index is 0.271. The van der Waals surface area contributed by atoms with Crippen LogP contribution in [-0.2, 0) is 6.54 Å². The number of hydrogen-bond donors (Lipinski definition) is 1. The molecule has 3 aliphatic rings. The molecule has 0 saturated carbocycles. The van der Waals surface area contributed by atoms with Crippen molar-refractivity contribution in [2.24, 2.45) is 11.8 Å². The fourth-order valence-corrected chi connectivity index (χ4v) is 5.50. The van der Waals surface area contributed by atoms with Gasteiger partial charge in [0.2, 0.25) is 11.8 Å². The van der Waals surface area contributed by atoms with Gasteiger partial charge in [-0.15, -0.1) is 10.2 Å². The first-order chi connectivity index (χ1) is 13.3. The molecular weight excluding hydrogens is 342 g/mol. The van der Waals surface area contributed by atoms with Crippen molar-refractivity contribution < 1.29 is 9.52 Å². The monoisotopic (exact) mass is 369 g/mol. The van der Waals surface area contributed by atoms with E-state index in [1.807, 2.05) is 12.1 Å². The number of rotatable bonds is 4. The van der Waals surface area contributed by atoms with Gasteiger partial charge >= 0.3 is 0 Å². The summed E-state index contributed by atoms with van der Waals surface area (Å²) in [6.45, 7) is 4.19. The van der Waals surface area contributed by atoms with Crippen molar-refractivity contribution in [1.82, 2.24) is 25.0 Å². The topological polar surface area (TPSA) is 78.5 Å². The van der Waals surface area contributed by atoms with E-state index in [0.717, 1.165) is 25.2 Å². The molecule has 5 heterocycles. The Morgan fingerprint density at radius 3 is 2.96 bits per heavy atom. The third-order valence-corrected chi connectivity index (χ3v) is 6.62. The summed E-state index contributed by atoms with van der Waals surface area (Å²) in [7, 11) is 0. The number of aliphatic hydroxyl groups excluding tert-OH is 1. The van der Waals surface area contributed by atoms with Crippen molar-refractivity contribution in [3.05, 3.63) is 30.4 Å². The van der Waals surface area contributed by atoms with E-state index in [1.165, 1.54) is 25.7 Å². The van der Waals surface area contributed by atoms with Crippen LogP contribution in [0.25, 0.3) is 11.5 Å². The fraction of sp³-hybridized carbons (Fsp3) is 0.650. The van der Waals surface area contributed by atoms with Crippen LogP contribution in [-0.4, -0.2) is 68.4 Å². The van der Waals surface area contributed by atoms with Crippen LogP contribution in [0.3, 0.4) is 0 Å². The lowest BCUT2D eigenvalue weighted by molar-refractivity contribution is -0.0885. The summed E-state index contributed by atoms with van der Waals surface area (Å²) in [6, 6.07) is 4.74. The summed E-state index contributed by atoms with van der Waals surface area (Å²) in [5.41, 5.74) is 0.852. The molecule has 3 fully saturated rings. The second kappa shape index (κ2) is 7.30. The molecule has 5 rings (SSSR count). The largest absolute Gasteiger partial charge is 0.419 e. The van der Waals surface area contributed by atoms with Gasteiger partial charge in [-0.1, -0.05) is 6.42 Å². The summed E-state index contributed by atoms with van der Waals surface area (Å²) in [5.74, 6) is 2.41. The molecule has 7 nitrogen and oxygen atoms in total. The summed E-state index contributed by atoms with van der Waals surface area (Å²) in [5, 5.41) is 18.5. The van der Waals surface area contributed by atoms with E-state index in [1.54, 1.807) is 12.4 Å². The molecule has 2 aromatic rings. The Kier molecular flexibility index (Phi) is 4.67. The zero-order valence-electron chi connectivity index (χ0n) is 15.6. The Balaban J connectivity index is 1.30. The highest BCUT2D eigenvalue weighted by molar-refractivity contribution is 5.49. The second-order valence-electron chi connectivity index (χ2n) is 8.24. The molecule has 4 atom stereocenters. The van der Waals surface area contributed by atoms with Gasteiger partial charge in [0.15, 0.2) is 0 Å². The first kappa shape index (κ1) is 17.3. The number of piperidine rings is 3. The molecule has 0 spiro atoms. The molecule has 7 heteroatoms. The summed E-state index contributed by atoms with van der Waals surface area (Å²) in [6.07, 6.45) is 8.58. The van der Waals surface area contributed by atoms with Crippen LogP contribution in [0.4, 0.5) is 0 Å². The normalized spacial score (nSPS) is 31.6. The predicted octanol–water partition coefficient (Wildman–Crippen LogP) is 1.80. The summed E-state index contributed by atoms with van der Waals surface area (Å²) >= 11 is 0. The Morgan fingerprint density at radius 1 is 1.19 bits per heavy atom. The molecule has 3 aliphatic heterocycles. The van der Waals surface area contributed by atoms with Crippen molar-refractivity contribution in [1.29, 1.82) is 0 Å². The SMILES string of the molecule is OC[C@H]1[C@H]2C[C@H](CN(Cc3nnc(-c4cccnc4)o3)C2)[C@@H]2CCCCN12. The van der Waals surface area contributed by atoms with Crippen molar-refractivity contribution in [3.63, 3.8) is 0 Å². The maximum absolute atomic E-state index is 10.0. The fourth-order valence-electron chi connectivity index (χ4n) is 5.50. The molecule has 0 aliphatic carbocycles. The number of likely N-dealkylation sites (tertiary alicyclic amines) is 1. The number of hydrogen-bond acceptors (Lipinski definition) is 7. The van der Waals surface area contributed by atoms with Gasteiger partial charge in [0.25, 0.3) is 0 Å². The van der Waals surface area contributed by atoms with Crippen LogP contribution in [0.5, 0.6) is 0 Å². The highest BCUT2D eigenvalue weighted by Crippen LogP contribution is 2.41. The minimum Gasteiger partial charge on any atom is -0.419 e. The van der Waals surface area contributed by atoms with Gasteiger partial charge in [-0.3, -0.25) is 14.8 Å². The zero-order valence-corrected chi connectivity index (χ0v) is 15.6. The molecule has 1 N–H and O–H groups in total. The summed E-state index contributed by atoms with van der Waals surface area (Å²) < 4.78 is 5.89. The van der Waals surface area contributed by atoms with Crippen LogP contribution in [0.1, 0.15) is 31.6 Å². The number of aliphatic hydroxyl groups is 1. The van der Waals surface area contributed by atoms with Gasteiger partial charge in [-0.25, -0.2) is 0 Å². The van der Waals surface area contributed by atoms with Crippen LogP contribution < -0.4 is 0 Å². The molecule has 3 saturated heterocycles. The van der Waals surface area contributed by atoms with Crippen LogP contribution in [0, 0.1) is 11.8 Å². The average molecular weight is 369 g/mol. The zero-order chi connectivity index (χ0) is 18.2. The van der Waals surface area contributed by atoms with Crippen LogP contribution >= 0.6 is 0 Å². The molecule has 0 radical (unpaired) electrons. The smallest absolute Gasteiger partial charge is 0.249 e. The molecule has 2 aromatic heterocycles. The Morgan fingerprint density at radius 2 is 2.11 bits per heavy atom. The third kappa shape index (κ3) is 3.28. The first-order valence-corrected chi connectivity index (χ1v) is 10.1. The third-order valence-electron chi connectivity index (χ3n) is 6.62. The second-order valence-corrected chi connectivity index (χ2v) is 8.24. The van der Waals surface area contributed by atoms with Crippen LogP contribution in [0.15, 0.2) is 28.9 Å². The van der Waals surface area contributed by atoms with Gasteiger partial charge in [-0.05, 0) is 49.8 Å². The Labute approximate surface area is 159 Å². The lowest BCUT2D eigenvalue weighted by Crippen LogP contribution is -2.64. The summed E-state index contributed by atoms with van der Waals surface area (Å²) in [4.78, 5) is 9.18. The number of aromatic nitrogens is 3. The van der Waals surface area contributed by atoms with E-state index < -0.39 is 0 Å². The van der Waals surface area contributed by atoms with E-state index >= 15 is 0 Å². The number of nitrogens with zero attached hydrogens (tertiary/aromatic N) is 5. The van der Waals surface area contributed by atoms with E-state index in [9.17, 15) is 5.11 Å². The molecule has 27 heavy (non-hydrogen) atoms. The highest BCUT2D eigenvalue weighted by atomic mass is 16.4. The van der Waals surface area contributed by atoms with Crippen molar-refractivity contribution in [3.8, 4) is 11.5 Å². The lowest BCUT2D eigenvalue weighted by atomic mass is 9.72. The first-order valence-electron chi connectivity index (χ1n) is 10.1. The van der Waals surface area contributed by atoms with Crippen molar-refractivity contribution in [2.75, 3.05) is 26.2 Å². The van der Waals surface area contributed by atoms with E-state index in [0.29, 0.717) is 42.2 Å². The molecule has 0 unspecified atom stereocenters. The Bertz CT molecular complexity index is 753. The standard InChI is InChI=1S/C20H27N5O2/c26-13-18-16-8-15(17-5-1-2-7-25(17)18)10-24(11-16)12-19-22-23-20(27-19)14-4-3-6-21-9-14/h3-4,6,9,15-18,26H,1-2,5,7-8,10-13H2/t15-,16+,17+,18+/m1/s1. The van der Waals surface area contributed by atoms with E-state index in [-0.39, 0.29) is 6.61 Å². The van der Waals surface area contributed by atoms with Gasteiger partial charge < -0.3 is 9.52 Å². The lowest BCUT2D eigenvalue weighted by Gasteiger charge is -2.56. The number of fused-ring (bicyclic) bond motifs is 4. The number of pyridine rings is 1. The van der Waals surface area contributed by atoms with Gasteiger partial charge in [0.05, 0.1) is 18.7 Å². The van der Waals surface area contributed by atoms with Crippen molar-refractivity contribution in [2.45, 2.75) is 44.3 Å². The Hall–Kier alpha value is -1.83. The predicted molar refractivity (Wildman–Crippen MR) is 99.6 cm³/mol. The molecule has 144 valence electrons. The molecular formula is C20H27N5O2. The quantitative estimate of drug-likeness (QED) is 0.880. The van der Waals surface area contributed by atoms with Gasteiger partial charge in [0, 0.05) is 37.6 Å². The maximum atomic E-state index is 10.0. The maximum Gasteiger partial charge on any atom is 0.249 e.